The molecule has 2 aromatic rings. The molecule has 1 aromatic heterocycles. The molecule has 3 rings (SSSR count). The average molecular weight is 309 g/mol. The number of benzene rings is 1. The van der Waals surface area contributed by atoms with Crippen molar-refractivity contribution in [3.63, 3.8) is 0 Å². The lowest BCUT2D eigenvalue weighted by Gasteiger charge is -2.32. The van der Waals surface area contributed by atoms with Crippen molar-refractivity contribution >= 4 is 27.0 Å². The monoisotopic (exact) mass is 308 g/mol. The van der Waals surface area contributed by atoms with Gasteiger partial charge in [-0.05, 0) is 31.0 Å². The summed E-state index contributed by atoms with van der Waals surface area (Å²) in [5, 5.41) is 0. The highest BCUT2D eigenvalue weighted by atomic mass is 79.9. The molecule has 0 radical (unpaired) electrons. The van der Waals surface area contributed by atoms with Crippen molar-refractivity contribution in [2.75, 3.05) is 6.54 Å². The minimum atomic E-state index is -0.0380. The third-order valence-electron chi connectivity index (χ3n) is 4.00. The lowest BCUT2D eigenvalue weighted by atomic mass is 9.74. The first-order valence-corrected chi connectivity index (χ1v) is 7.29. The van der Waals surface area contributed by atoms with Gasteiger partial charge in [0.05, 0.1) is 5.41 Å². The van der Waals surface area contributed by atoms with Crippen molar-refractivity contribution in [3.05, 3.63) is 28.6 Å². The Balaban J connectivity index is 2.06. The molecule has 4 heteroatoms. The quantitative estimate of drug-likeness (QED) is 0.919. The highest BCUT2D eigenvalue weighted by Gasteiger charge is 2.37. The summed E-state index contributed by atoms with van der Waals surface area (Å²) < 4.78 is 6.97. The highest BCUT2D eigenvalue weighted by Crippen LogP contribution is 2.39. The molecular weight excluding hydrogens is 292 g/mol. The summed E-state index contributed by atoms with van der Waals surface area (Å²) >= 11 is 3.46. The maximum Gasteiger partial charge on any atom is 0.202 e. The van der Waals surface area contributed by atoms with Gasteiger partial charge in [-0.15, -0.1) is 0 Å². The summed E-state index contributed by atoms with van der Waals surface area (Å²) in [6, 6.07) is 5.94. The van der Waals surface area contributed by atoms with Gasteiger partial charge in [-0.25, -0.2) is 4.98 Å². The summed E-state index contributed by atoms with van der Waals surface area (Å²) in [6.45, 7) is 0.626. The second-order valence-corrected chi connectivity index (χ2v) is 6.09. The Morgan fingerprint density at radius 2 is 2.06 bits per heavy atom. The van der Waals surface area contributed by atoms with E-state index < -0.39 is 0 Å². The summed E-state index contributed by atoms with van der Waals surface area (Å²) in [6.07, 6.45) is 5.93. The first kappa shape index (κ1) is 12.2. The fourth-order valence-corrected chi connectivity index (χ4v) is 3.21. The molecule has 0 saturated heterocycles. The van der Waals surface area contributed by atoms with Crippen LogP contribution in [-0.2, 0) is 5.41 Å². The minimum Gasteiger partial charge on any atom is -0.440 e. The zero-order valence-corrected chi connectivity index (χ0v) is 11.9. The van der Waals surface area contributed by atoms with Crippen LogP contribution >= 0.6 is 15.9 Å². The van der Waals surface area contributed by atoms with Crippen LogP contribution in [0, 0.1) is 0 Å². The van der Waals surface area contributed by atoms with Gasteiger partial charge in [-0.2, -0.15) is 0 Å². The zero-order valence-electron chi connectivity index (χ0n) is 10.3. The van der Waals surface area contributed by atoms with Crippen molar-refractivity contribution in [2.45, 2.75) is 37.5 Å². The number of halogens is 1. The van der Waals surface area contributed by atoms with Crippen molar-refractivity contribution in [1.29, 1.82) is 0 Å². The van der Waals surface area contributed by atoms with Gasteiger partial charge in [-0.1, -0.05) is 35.2 Å². The molecular formula is C14H17BrN2O. The van der Waals surface area contributed by atoms with Crippen molar-refractivity contribution < 1.29 is 4.42 Å². The lowest BCUT2D eigenvalue weighted by Crippen LogP contribution is -2.37. The summed E-state index contributed by atoms with van der Waals surface area (Å²) in [7, 11) is 0. The standard InChI is InChI=1S/C14H17BrN2O/c15-10-4-5-12-11(8-10)17-13(18-12)14(9-16)6-2-1-3-7-14/h4-5,8H,1-3,6-7,9,16H2. The Morgan fingerprint density at radius 3 is 2.78 bits per heavy atom. The van der Waals surface area contributed by atoms with Gasteiger partial charge in [0.25, 0.3) is 0 Å². The molecule has 0 bridgehead atoms. The second kappa shape index (κ2) is 4.67. The van der Waals surface area contributed by atoms with Gasteiger partial charge < -0.3 is 10.2 Å². The maximum absolute atomic E-state index is 6.01. The first-order valence-electron chi connectivity index (χ1n) is 6.50. The summed E-state index contributed by atoms with van der Waals surface area (Å²) in [5.41, 5.74) is 7.74. The molecule has 1 aliphatic rings. The molecule has 0 unspecified atom stereocenters. The minimum absolute atomic E-state index is 0.0380. The van der Waals surface area contributed by atoms with Crippen LogP contribution in [0.2, 0.25) is 0 Å². The smallest absolute Gasteiger partial charge is 0.202 e. The molecule has 0 atom stereocenters. The van der Waals surface area contributed by atoms with Crippen LogP contribution in [0.1, 0.15) is 38.0 Å². The van der Waals surface area contributed by atoms with Gasteiger partial charge in [0.2, 0.25) is 5.89 Å². The Hall–Kier alpha value is -0.870. The molecule has 0 aliphatic heterocycles. The molecule has 0 amide bonds. The summed E-state index contributed by atoms with van der Waals surface area (Å²) in [5.74, 6) is 0.831. The zero-order chi connectivity index (χ0) is 12.6. The predicted molar refractivity (Wildman–Crippen MR) is 75.5 cm³/mol. The summed E-state index contributed by atoms with van der Waals surface area (Å²) in [4.78, 5) is 4.66. The number of nitrogens with two attached hydrogens (primary N) is 1. The van der Waals surface area contributed by atoms with Gasteiger partial charge in [0.15, 0.2) is 5.58 Å². The largest absolute Gasteiger partial charge is 0.440 e. The van der Waals surface area contributed by atoms with E-state index in [-0.39, 0.29) is 5.41 Å². The molecule has 1 aliphatic carbocycles. The molecule has 1 aromatic carbocycles. The second-order valence-electron chi connectivity index (χ2n) is 5.18. The van der Waals surface area contributed by atoms with Crippen molar-refractivity contribution in [3.8, 4) is 0 Å². The fourth-order valence-electron chi connectivity index (χ4n) is 2.86. The number of hydrogen-bond acceptors (Lipinski definition) is 3. The number of oxazole rings is 1. The van der Waals surface area contributed by atoms with E-state index in [4.69, 9.17) is 10.2 Å². The topological polar surface area (TPSA) is 52.0 Å². The van der Waals surface area contributed by atoms with Crippen molar-refractivity contribution in [1.82, 2.24) is 4.98 Å². The van der Waals surface area contributed by atoms with Gasteiger partial charge in [0, 0.05) is 11.0 Å². The van der Waals surface area contributed by atoms with Gasteiger partial charge in [-0.3, -0.25) is 0 Å². The molecule has 1 heterocycles. The molecule has 0 spiro atoms. The van der Waals surface area contributed by atoms with E-state index in [1.54, 1.807) is 0 Å². The average Bonchev–Trinajstić information content (AvgIpc) is 2.83. The highest BCUT2D eigenvalue weighted by molar-refractivity contribution is 9.10. The molecule has 96 valence electrons. The molecule has 2 N–H and O–H groups in total. The lowest BCUT2D eigenvalue weighted by molar-refractivity contribution is 0.247. The van der Waals surface area contributed by atoms with E-state index in [0.29, 0.717) is 6.54 Å². The van der Waals surface area contributed by atoms with E-state index in [9.17, 15) is 0 Å². The van der Waals surface area contributed by atoms with Gasteiger partial charge >= 0.3 is 0 Å². The Labute approximate surface area is 115 Å². The normalized spacial score (nSPS) is 19.2. The molecule has 3 nitrogen and oxygen atoms in total. The van der Waals surface area contributed by atoms with Crippen LogP contribution in [0.15, 0.2) is 27.1 Å². The Bertz CT molecular complexity index is 558. The van der Waals surface area contributed by atoms with Crippen LogP contribution in [0.5, 0.6) is 0 Å². The third kappa shape index (κ3) is 1.97. The first-order chi connectivity index (χ1) is 8.73. The number of aromatic nitrogens is 1. The van der Waals surface area contributed by atoms with Crippen LogP contribution < -0.4 is 5.73 Å². The number of hydrogen-bond donors (Lipinski definition) is 1. The molecule has 1 saturated carbocycles. The fraction of sp³-hybridized carbons (Fsp3) is 0.500. The van der Waals surface area contributed by atoms with E-state index in [2.05, 4.69) is 20.9 Å². The van der Waals surface area contributed by atoms with Gasteiger partial charge in [0.1, 0.15) is 5.52 Å². The molecule has 18 heavy (non-hydrogen) atoms. The van der Waals surface area contributed by atoms with E-state index >= 15 is 0 Å². The maximum atomic E-state index is 6.01. The van der Waals surface area contributed by atoms with E-state index in [0.717, 1.165) is 34.3 Å². The van der Waals surface area contributed by atoms with E-state index in [1.165, 1.54) is 19.3 Å². The Kier molecular flexibility index (Phi) is 3.16. The van der Waals surface area contributed by atoms with Crippen LogP contribution in [-0.4, -0.2) is 11.5 Å². The van der Waals surface area contributed by atoms with Crippen LogP contribution in [0.4, 0.5) is 0 Å². The van der Waals surface area contributed by atoms with Crippen LogP contribution in [0.25, 0.3) is 11.1 Å². The SMILES string of the molecule is NCC1(c2nc3cc(Br)ccc3o2)CCCCC1. The van der Waals surface area contributed by atoms with Crippen molar-refractivity contribution in [2.24, 2.45) is 5.73 Å². The predicted octanol–water partition coefficient (Wildman–Crippen LogP) is 3.75. The Morgan fingerprint density at radius 1 is 1.28 bits per heavy atom. The molecule has 1 fully saturated rings. The number of nitrogens with zero attached hydrogens (tertiary/aromatic N) is 1. The van der Waals surface area contributed by atoms with Crippen LogP contribution in [0.3, 0.4) is 0 Å². The third-order valence-corrected chi connectivity index (χ3v) is 4.50. The van der Waals surface area contributed by atoms with E-state index in [1.807, 2.05) is 18.2 Å². The number of fused-ring (bicyclic) bond motifs is 1. The number of rotatable bonds is 2.